The minimum atomic E-state index is -4.49. The molecule has 3 N–H and O–H groups in total. The van der Waals surface area contributed by atoms with E-state index in [2.05, 4.69) is 26.1 Å². The Kier molecular flexibility index (Phi) is 8.54. The van der Waals surface area contributed by atoms with E-state index in [0.717, 1.165) is 10.4 Å². The fourth-order valence-corrected chi connectivity index (χ4v) is 5.68. The maximum absolute atomic E-state index is 15.1. The zero-order valence-corrected chi connectivity index (χ0v) is 21.3. The Morgan fingerprint density at radius 3 is 1.86 bits per heavy atom. The standard InChI is InChI=1S/C23H23BrFN5O4S/c1-33-17-7-3-15(4-8-17)13-30(14-16-5-9-18(34-2)10-6-16)35(31,32)22-20(25)12-11-19(24)21(22)23(28-26)29-27/h3-12,26H,13-14,27H2,1-2H3/b28-26?,29-23-. The molecule has 184 valence electrons. The van der Waals surface area contributed by atoms with Gasteiger partial charge in [-0.25, -0.2) is 18.3 Å². The van der Waals surface area contributed by atoms with Gasteiger partial charge in [0.15, 0.2) is 0 Å². The van der Waals surface area contributed by atoms with Gasteiger partial charge in [0.25, 0.3) is 0 Å². The summed E-state index contributed by atoms with van der Waals surface area (Å²) < 4.78 is 54.6. The summed E-state index contributed by atoms with van der Waals surface area (Å²) >= 11 is 3.21. The average molecular weight is 564 g/mol. The van der Waals surface area contributed by atoms with Gasteiger partial charge in [-0.1, -0.05) is 24.3 Å². The van der Waals surface area contributed by atoms with Crippen molar-refractivity contribution >= 4 is 31.8 Å². The number of sulfonamides is 1. The molecular weight excluding hydrogens is 541 g/mol. The van der Waals surface area contributed by atoms with Crippen molar-refractivity contribution in [2.75, 3.05) is 14.2 Å². The van der Waals surface area contributed by atoms with E-state index in [4.69, 9.17) is 20.8 Å². The second kappa shape index (κ2) is 11.4. The molecule has 0 saturated carbocycles. The van der Waals surface area contributed by atoms with Crippen molar-refractivity contribution in [2.45, 2.75) is 18.0 Å². The summed E-state index contributed by atoms with van der Waals surface area (Å²) in [5.74, 6) is 5.08. The number of hydrogen-bond donors (Lipinski definition) is 2. The van der Waals surface area contributed by atoms with Gasteiger partial charge < -0.3 is 15.3 Å². The molecule has 9 nitrogen and oxygen atoms in total. The number of methoxy groups -OCH3 is 2. The molecule has 0 fully saturated rings. The van der Waals surface area contributed by atoms with Crippen molar-refractivity contribution in [1.29, 1.82) is 5.53 Å². The predicted octanol–water partition coefficient (Wildman–Crippen LogP) is 4.65. The lowest BCUT2D eigenvalue weighted by Gasteiger charge is -2.24. The number of nitrogens with one attached hydrogen (secondary N) is 1. The van der Waals surface area contributed by atoms with Crippen LogP contribution >= 0.6 is 15.9 Å². The first-order chi connectivity index (χ1) is 16.7. The van der Waals surface area contributed by atoms with Gasteiger partial charge in [0.05, 0.1) is 19.8 Å². The summed E-state index contributed by atoms with van der Waals surface area (Å²) in [5.41, 5.74) is 8.41. The number of nitrogens with zero attached hydrogens (tertiary/aromatic N) is 3. The van der Waals surface area contributed by atoms with Gasteiger partial charge in [-0.3, -0.25) is 0 Å². The highest BCUT2D eigenvalue weighted by Gasteiger charge is 2.33. The smallest absolute Gasteiger partial charge is 0.247 e. The van der Waals surface area contributed by atoms with Crippen LogP contribution < -0.4 is 15.3 Å². The van der Waals surface area contributed by atoms with Gasteiger partial charge in [0.2, 0.25) is 15.9 Å². The molecule has 0 radical (unpaired) electrons. The quantitative estimate of drug-likeness (QED) is 0.129. The molecule has 0 heterocycles. The molecule has 0 aliphatic heterocycles. The first-order valence-electron chi connectivity index (χ1n) is 10.1. The van der Waals surface area contributed by atoms with Crippen molar-refractivity contribution in [1.82, 2.24) is 4.31 Å². The van der Waals surface area contributed by atoms with Crippen LogP contribution in [0.4, 0.5) is 4.39 Å². The van der Waals surface area contributed by atoms with Gasteiger partial charge in [-0.2, -0.15) is 9.41 Å². The first kappa shape index (κ1) is 26.3. The first-order valence-corrected chi connectivity index (χ1v) is 12.4. The molecule has 0 aliphatic rings. The molecule has 0 aliphatic carbocycles. The van der Waals surface area contributed by atoms with Gasteiger partial charge in [0.1, 0.15) is 22.2 Å². The van der Waals surface area contributed by atoms with Crippen LogP contribution in [0.1, 0.15) is 16.7 Å². The van der Waals surface area contributed by atoms with E-state index in [1.165, 1.54) is 20.3 Å². The second-order valence-electron chi connectivity index (χ2n) is 7.27. The summed E-state index contributed by atoms with van der Waals surface area (Å²) in [4.78, 5) is -0.686. The number of hydrogen-bond acceptors (Lipinski definition) is 7. The molecule has 0 bridgehead atoms. The van der Waals surface area contributed by atoms with Gasteiger partial charge in [0, 0.05) is 17.6 Å². The second-order valence-corrected chi connectivity index (χ2v) is 10.00. The van der Waals surface area contributed by atoms with Crippen LogP contribution in [-0.4, -0.2) is 32.8 Å². The molecule has 3 aromatic carbocycles. The Bertz CT molecular complexity index is 1280. The Morgan fingerprint density at radius 2 is 1.46 bits per heavy atom. The van der Waals surface area contributed by atoms with E-state index in [1.807, 2.05) is 0 Å². The SMILES string of the molecule is COc1ccc(CN(Cc2ccc(OC)cc2)S(=O)(=O)c2c(F)ccc(Br)c2/C(N=N)=N/N)cc1. The normalized spacial score (nSPS) is 12.0. The third-order valence-corrected chi connectivity index (χ3v) is 7.66. The molecule has 0 amide bonds. The Balaban J connectivity index is 2.15. The van der Waals surface area contributed by atoms with Crippen LogP contribution in [0.5, 0.6) is 11.5 Å². The number of rotatable bonds is 9. The van der Waals surface area contributed by atoms with Gasteiger partial charge in [-0.15, -0.1) is 5.11 Å². The molecule has 0 saturated heterocycles. The van der Waals surface area contributed by atoms with Crippen molar-refractivity contribution < 1.29 is 22.3 Å². The number of ether oxygens (including phenoxy) is 2. The molecule has 0 aromatic heterocycles. The molecule has 12 heteroatoms. The monoisotopic (exact) mass is 563 g/mol. The van der Waals surface area contributed by atoms with E-state index < -0.39 is 26.6 Å². The Labute approximate surface area is 211 Å². The van der Waals surface area contributed by atoms with Crippen LogP contribution in [0.15, 0.2) is 80.2 Å². The lowest BCUT2D eigenvalue weighted by atomic mass is 10.2. The minimum absolute atomic E-state index is 0.0726. The largest absolute Gasteiger partial charge is 0.497 e. The van der Waals surface area contributed by atoms with Gasteiger partial charge >= 0.3 is 0 Å². The average Bonchev–Trinajstić information content (AvgIpc) is 2.87. The molecule has 0 atom stereocenters. The predicted molar refractivity (Wildman–Crippen MR) is 132 cm³/mol. The van der Waals surface area contributed by atoms with Crippen molar-refractivity contribution in [3.05, 3.63) is 87.6 Å². The summed E-state index contributed by atoms with van der Waals surface area (Å²) in [6.07, 6.45) is 0. The summed E-state index contributed by atoms with van der Waals surface area (Å²) in [6.45, 7) is -0.145. The van der Waals surface area contributed by atoms with Crippen LogP contribution in [0.2, 0.25) is 0 Å². The summed E-state index contributed by atoms with van der Waals surface area (Å²) in [5, 5.41) is 6.56. The fraction of sp³-hybridized carbons (Fsp3) is 0.174. The highest BCUT2D eigenvalue weighted by atomic mass is 79.9. The third kappa shape index (κ3) is 5.84. The Morgan fingerprint density at radius 1 is 0.971 bits per heavy atom. The van der Waals surface area contributed by atoms with Crippen molar-refractivity contribution in [3.8, 4) is 11.5 Å². The minimum Gasteiger partial charge on any atom is -0.497 e. The number of amidine groups is 1. The summed E-state index contributed by atoms with van der Waals surface area (Å²) in [6, 6.07) is 16.0. The molecule has 3 aromatic rings. The van der Waals surface area contributed by atoms with Crippen LogP contribution in [0, 0.1) is 11.3 Å². The maximum atomic E-state index is 15.1. The number of halogens is 2. The molecular formula is C23H23BrFN5O4S. The van der Waals surface area contributed by atoms with E-state index in [0.29, 0.717) is 22.6 Å². The zero-order valence-electron chi connectivity index (χ0n) is 18.9. The van der Waals surface area contributed by atoms with E-state index >= 15 is 4.39 Å². The van der Waals surface area contributed by atoms with E-state index in [1.54, 1.807) is 48.5 Å². The topological polar surface area (TPSA) is 130 Å². The molecule has 0 spiro atoms. The lowest BCUT2D eigenvalue weighted by molar-refractivity contribution is 0.394. The molecule has 0 unspecified atom stereocenters. The van der Waals surface area contributed by atoms with Crippen molar-refractivity contribution in [2.24, 2.45) is 16.1 Å². The maximum Gasteiger partial charge on any atom is 0.247 e. The van der Waals surface area contributed by atoms with E-state index in [9.17, 15) is 8.42 Å². The highest BCUT2D eigenvalue weighted by molar-refractivity contribution is 9.10. The fourth-order valence-electron chi connectivity index (χ4n) is 3.37. The van der Waals surface area contributed by atoms with Gasteiger partial charge in [-0.05, 0) is 63.5 Å². The van der Waals surface area contributed by atoms with Crippen LogP contribution in [0.25, 0.3) is 0 Å². The Hall–Kier alpha value is -3.35. The number of nitrogens with two attached hydrogens (primary N) is 1. The zero-order chi connectivity index (χ0) is 25.6. The van der Waals surface area contributed by atoms with Crippen molar-refractivity contribution in [3.63, 3.8) is 0 Å². The number of benzene rings is 3. The summed E-state index contributed by atoms with van der Waals surface area (Å²) in [7, 11) is -1.43. The highest BCUT2D eigenvalue weighted by Crippen LogP contribution is 2.32. The molecule has 35 heavy (non-hydrogen) atoms. The third-order valence-electron chi connectivity index (χ3n) is 5.14. The number of hydrazone groups is 1. The van der Waals surface area contributed by atoms with E-state index in [-0.39, 0.29) is 23.1 Å². The van der Waals surface area contributed by atoms with Crippen LogP contribution in [-0.2, 0) is 23.1 Å². The molecule has 3 rings (SSSR count). The lowest BCUT2D eigenvalue weighted by Crippen LogP contribution is -2.32. The van der Waals surface area contributed by atoms with Crippen LogP contribution in [0.3, 0.4) is 0 Å².